The first-order chi connectivity index (χ1) is 13.1. The minimum Gasteiger partial charge on any atom is -0.369 e. The number of nitrogens with zero attached hydrogens (tertiary/aromatic N) is 2. The largest absolute Gasteiger partial charge is 0.369 e. The molecule has 27 heavy (non-hydrogen) atoms. The monoisotopic (exact) mass is 404 g/mol. The van der Waals surface area contributed by atoms with Crippen molar-refractivity contribution in [2.24, 2.45) is 5.92 Å². The van der Waals surface area contributed by atoms with Gasteiger partial charge >= 0.3 is 0 Å². The second-order valence-corrected chi connectivity index (χ2v) is 8.92. The maximum Gasteiger partial charge on any atom is 0.249 e. The van der Waals surface area contributed by atoms with E-state index in [-0.39, 0.29) is 24.6 Å². The molecule has 1 aromatic heterocycles. The molecule has 1 aliphatic heterocycles. The molecule has 1 saturated carbocycles. The lowest BCUT2D eigenvalue weighted by Gasteiger charge is -2.41. The molecule has 4 rings (SSSR count). The molecule has 1 aliphatic carbocycles. The predicted octanol–water partition coefficient (Wildman–Crippen LogP) is 3.22. The Morgan fingerprint density at radius 1 is 1.19 bits per heavy atom. The van der Waals surface area contributed by atoms with Gasteiger partial charge in [-0.05, 0) is 48.6 Å². The lowest BCUT2D eigenvalue weighted by Crippen LogP contribution is -2.52. The van der Waals surface area contributed by atoms with Crippen LogP contribution in [-0.4, -0.2) is 45.0 Å². The van der Waals surface area contributed by atoms with Gasteiger partial charge in [0.1, 0.15) is 6.61 Å². The van der Waals surface area contributed by atoms with Crippen LogP contribution in [0.4, 0.5) is 0 Å². The summed E-state index contributed by atoms with van der Waals surface area (Å²) in [7, 11) is -1.18. The summed E-state index contributed by atoms with van der Waals surface area (Å²) in [5, 5.41) is 0.658. The lowest BCUT2D eigenvalue weighted by molar-refractivity contribution is -0.152. The van der Waals surface area contributed by atoms with Gasteiger partial charge < -0.3 is 9.64 Å². The maximum atomic E-state index is 12.9. The van der Waals surface area contributed by atoms with E-state index >= 15 is 0 Å². The minimum absolute atomic E-state index is 0.0372. The van der Waals surface area contributed by atoms with Crippen molar-refractivity contribution in [2.45, 2.75) is 29.8 Å². The Hall–Kier alpha value is -1.76. The molecule has 2 heterocycles. The van der Waals surface area contributed by atoms with Gasteiger partial charge in [0.05, 0.1) is 23.4 Å². The molecule has 0 spiro atoms. The number of carbonyl (C=O) groups excluding carboxylic acids is 1. The molecule has 2 fully saturated rings. The van der Waals surface area contributed by atoms with Crippen molar-refractivity contribution in [1.82, 2.24) is 9.88 Å². The quantitative estimate of drug-likeness (QED) is 0.741. The first-order valence-corrected chi connectivity index (χ1v) is 10.8. The van der Waals surface area contributed by atoms with E-state index in [1.54, 1.807) is 24.5 Å². The average Bonchev–Trinajstić information content (AvgIpc) is 3.53. The molecule has 2 aromatic rings. The van der Waals surface area contributed by atoms with Crippen molar-refractivity contribution < 1.29 is 13.7 Å². The molecule has 1 aromatic carbocycles. The third-order valence-corrected chi connectivity index (χ3v) is 6.83. The van der Waals surface area contributed by atoms with Gasteiger partial charge in [-0.15, -0.1) is 0 Å². The maximum absolute atomic E-state index is 12.9. The highest BCUT2D eigenvalue weighted by molar-refractivity contribution is 7.85. The number of hydrogen-bond donors (Lipinski definition) is 0. The SMILES string of the molecule is O=C1COCC(c2ccc(Cl)cc2)N1C(CS(=O)c1ccncc1)C1CC1. The molecule has 5 nitrogen and oxygen atoms in total. The molecule has 0 radical (unpaired) electrons. The van der Waals surface area contributed by atoms with E-state index in [2.05, 4.69) is 4.98 Å². The number of hydrogen-bond acceptors (Lipinski definition) is 4. The van der Waals surface area contributed by atoms with Gasteiger partial charge in [0, 0.05) is 34.1 Å². The molecule has 2 aliphatic rings. The first-order valence-electron chi connectivity index (χ1n) is 9.06. The molecule has 0 bridgehead atoms. The fraction of sp³-hybridized carbons (Fsp3) is 0.400. The third-order valence-electron chi connectivity index (χ3n) is 5.14. The summed E-state index contributed by atoms with van der Waals surface area (Å²) >= 11 is 6.02. The van der Waals surface area contributed by atoms with Gasteiger partial charge in [0.25, 0.3) is 0 Å². The van der Waals surface area contributed by atoms with E-state index in [1.165, 1.54) is 0 Å². The van der Waals surface area contributed by atoms with Crippen molar-refractivity contribution in [3.63, 3.8) is 0 Å². The van der Waals surface area contributed by atoms with Crippen LogP contribution in [0.15, 0.2) is 53.7 Å². The van der Waals surface area contributed by atoms with Crippen molar-refractivity contribution >= 4 is 28.3 Å². The number of pyridine rings is 1. The lowest BCUT2D eigenvalue weighted by atomic mass is 10.0. The molecule has 142 valence electrons. The van der Waals surface area contributed by atoms with E-state index in [4.69, 9.17) is 16.3 Å². The number of rotatable bonds is 6. The van der Waals surface area contributed by atoms with E-state index in [0.717, 1.165) is 23.3 Å². The number of ether oxygens (including phenoxy) is 1. The summed E-state index contributed by atoms with van der Waals surface area (Å²) in [5.74, 6) is 0.794. The zero-order valence-corrected chi connectivity index (χ0v) is 16.4. The summed E-state index contributed by atoms with van der Waals surface area (Å²) < 4.78 is 18.5. The highest BCUT2D eigenvalue weighted by atomic mass is 35.5. The number of aromatic nitrogens is 1. The van der Waals surface area contributed by atoms with Gasteiger partial charge in [-0.1, -0.05) is 23.7 Å². The fourth-order valence-corrected chi connectivity index (χ4v) is 5.10. The van der Waals surface area contributed by atoms with E-state index < -0.39 is 10.8 Å². The Bertz CT molecular complexity index is 827. The highest BCUT2D eigenvalue weighted by Gasteiger charge is 2.43. The minimum atomic E-state index is -1.18. The summed E-state index contributed by atoms with van der Waals surface area (Å²) in [6.45, 7) is 0.522. The van der Waals surface area contributed by atoms with Crippen LogP contribution in [-0.2, 0) is 20.3 Å². The standard InChI is InChI=1S/C20H21ClN2O3S/c21-16-5-3-14(4-6-16)18-11-26-12-20(24)23(18)19(15-1-2-15)13-27(25)17-7-9-22-10-8-17/h3-10,15,18-19H,1-2,11-13H2. The Morgan fingerprint density at radius 3 is 2.56 bits per heavy atom. The molecule has 0 N–H and O–H groups in total. The van der Waals surface area contributed by atoms with E-state index in [0.29, 0.717) is 23.3 Å². The van der Waals surface area contributed by atoms with E-state index in [9.17, 15) is 9.00 Å². The van der Waals surface area contributed by atoms with Crippen LogP contribution >= 0.6 is 11.6 Å². The van der Waals surface area contributed by atoms with Crippen LogP contribution in [0.5, 0.6) is 0 Å². The zero-order chi connectivity index (χ0) is 18.8. The molecule has 3 unspecified atom stereocenters. The van der Waals surface area contributed by atoms with Crippen LogP contribution in [0.3, 0.4) is 0 Å². The van der Waals surface area contributed by atoms with Crippen LogP contribution in [0.2, 0.25) is 5.02 Å². The molecule has 1 amide bonds. The van der Waals surface area contributed by atoms with Crippen LogP contribution in [0.1, 0.15) is 24.4 Å². The van der Waals surface area contributed by atoms with E-state index in [1.807, 2.05) is 29.2 Å². The van der Waals surface area contributed by atoms with Gasteiger partial charge in [-0.2, -0.15) is 0 Å². The summed E-state index contributed by atoms with van der Waals surface area (Å²) in [5.41, 5.74) is 0.993. The molecular formula is C20H21ClN2O3S. The predicted molar refractivity (Wildman–Crippen MR) is 104 cm³/mol. The van der Waals surface area contributed by atoms with Crippen molar-refractivity contribution in [3.8, 4) is 0 Å². The molecular weight excluding hydrogens is 384 g/mol. The van der Waals surface area contributed by atoms with Gasteiger partial charge in [-0.3, -0.25) is 14.0 Å². The topological polar surface area (TPSA) is 59.5 Å². The Morgan fingerprint density at radius 2 is 1.89 bits per heavy atom. The van der Waals surface area contributed by atoms with Crippen LogP contribution in [0, 0.1) is 5.92 Å². The van der Waals surface area contributed by atoms with Gasteiger partial charge in [-0.25, -0.2) is 0 Å². The van der Waals surface area contributed by atoms with Crippen molar-refractivity contribution in [2.75, 3.05) is 19.0 Å². The summed E-state index contributed by atoms with van der Waals surface area (Å²) in [6.07, 6.45) is 5.43. The molecule has 3 atom stereocenters. The second-order valence-electron chi connectivity index (χ2n) is 6.98. The normalized spacial score (nSPS) is 22.5. The van der Waals surface area contributed by atoms with Crippen molar-refractivity contribution in [3.05, 3.63) is 59.4 Å². The first kappa shape index (κ1) is 18.6. The fourth-order valence-electron chi connectivity index (χ4n) is 3.61. The average molecular weight is 405 g/mol. The number of morpholine rings is 1. The highest BCUT2D eigenvalue weighted by Crippen LogP contribution is 2.40. The Kier molecular flexibility index (Phi) is 5.57. The van der Waals surface area contributed by atoms with Gasteiger partial charge in [0.15, 0.2) is 0 Å². The number of amides is 1. The third kappa shape index (κ3) is 4.23. The Labute approximate surface area is 166 Å². The molecule has 7 heteroatoms. The number of benzene rings is 1. The number of halogens is 1. The molecule has 1 saturated heterocycles. The van der Waals surface area contributed by atoms with Gasteiger partial charge in [0.2, 0.25) is 5.91 Å². The number of carbonyl (C=O) groups is 1. The summed E-state index contributed by atoms with van der Waals surface area (Å²) in [6, 6.07) is 10.8. The van der Waals surface area contributed by atoms with Crippen molar-refractivity contribution in [1.29, 1.82) is 0 Å². The van der Waals surface area contributed by atoms with Crippen LogP contribution < -0.4 is 0 Å². The van der Waals surface area contributed by atoms with Crippen LogP contribution in [0.25, 0.3) is 0 Å². The second kappa shape index (κ2) is 8.09. The smallest absolute Gasteiger partial charge is 0.249 e. The summed E-state index contributed by atoms with van der Waals surface area (Å²) in [4.78, 5) is 19.5. The Balaban J connectivity index is 1.61. The zero-order valence-electron chi connectivity index (χ0n) is 14.8.